The van der Waals surface area contributed by atoms with Crippen molar-refractivity contribution in [3.05, 3.63) is 5.82 Å². The van der Waals surface area contributed by atoms with Crippen LogP contribution < -0.4 is 11.1 Å². The van der Waals surface area contributed by atoms with Crippen molar-refractivity contribution in [3.63, 3.8) is 0 Å². The molecule has 1 aromatic heterocycles. The Kier molecular flexibility index (Phi) is 5.43. The van der Waals surface area contributed by atoms with Crippen LogP contribution in [0.4, 0.5) is 0 Å². The van der Waals surface area contributed by atoms with E-state index in [1.807, 2.05) is 20.9 Å². The van der Waals surface area contributed by atoms with Gasteiger partial charge >= 0.3 is 0 Å². The summed E-state index contributed by atoms with van der Waals surface area (Å²) in [7, 11) is 1.84. The van der Waals surface area contributed by atoms with E-state index in [9.17, 15) is 4.79 Å². The quantitative estimate of drug-likeness (QED) is 0.715. The van der Waals surface area contributed by atoms with Crippen LogP contribution in [0.15, 0.2) is 5.16 Å². The molecule has 0 saturated heterocycles. The van der Waals surface area contributed by atoms with Crippen LogP contribution in [0.2, 0.25) is 0 Å². The van der Waals surface area contributed by atoms with Gasteiger partial charge in [0.05, 0.1) is 12.3 Å². The van der Waals surface area contributed by atoms with E-state index in [0.717, 1.165) is 12.2 Å². The average molecular weight is 257 g/mol. The van der Waals surface area contributed by atoms with Crippen LogP contribution in [0.1, 0.15) is 26.1 Å². The Labute approximate surface area is 105 Å². The highest BCUT2D eigenvalue weighted by Gasteiger charge is 2.11. The van der Waals surface area contributed by atoms with Crippen molar-refractivity contribution in [2.75, 3.05) is 5.75 Å². The number of aromatic nitrogens is 3. The minimum absolute atomic E-state index is 0.0154. The lowest BCUT2D eigenvalue weighted by Crippen LogP contribution is -2.33. The van der Waals surface area contributed by atoms with E-state index in [1.54, 1.807) is 4.57 Å². The van der Waals surface area contributed by atoms with Gasteiger partial charge in [-0.15, -0.1) is 10.2 Å². The third kappa shape index (κ3) is 4.01. The van der Waals surface area contributed by atoms with Crippen molar-refractivity contribution in [2.24, 2.45) is 12.8 Å². The topological polar surface area (TPSA) is 85.8 Å². The van der Waals surface area contributed by atoms with E-state index in [1.165, 1.54) is 11.8 Å². The maximum atomic E-state index is 11.6. The molecule has 7 heteroatoms. The number of carbonyl (C=O) groups is 1. The molecule has 3 N–H and O–H groups in total. The third-order valence-electron chi connectivity index (χ3n) is 2.46. The Bertz CT molecular complexity index is 379. The van der Waals surface area contributed by atoms with E-state index in [-0.39, 0.29) is 11.9 Å². The molecule has 1 aromatic rings. The number of nitrogens with zero attached hydrogens (tertiary/aromatic N) is 3. The molecule has 0 aliphatic heterocycles. The van der Waals surface area contributed by atoms with Gasteiger partial charge in [0.2, 0.25) is 5.91 Å². The van der Waals surface area contributed by atoms with E-state index in [2.05, 4.69) is 15.5 Å². The first-order chi connectivity index (χ1) is 8.08. The number of hydrogen-bond acceptors (Lipinski definition) is 5. The summed E-state index contributed by atoms with van der Waals surface area (Å²) in [6.07, 6.45) is 0.928. The number of rotatable bonds is 6. The summed E-state index contributed by atoms with van der Waals surface area (Å²) in [6.45, 7) is 4.37. The second-order valence-electron chi connectivity index (χ2n) is 3.83. The van der Waals surface area contributed by atoms with Crippen LogP contribution in [-0.2, 0) is 18.4 Å². The molecule has 0 aromatic carbocycles. The molecule has 0 aliphatic rings. The molecule has 0 radical (unpaired) electrons. The molecular formula is C10H19N5OS. The highest BCUT2D eigenvalue weighted by Crippen LogP contribution is 2.14. The van der Waals surface area contributed by atoms with Crippen molar-refractivity contribution < 1.29 is 4.79 Å². The number of thioether (sulfide) groups is 1. The van der Waals surface area contributed by atoms with Crippen LogP contribution in [0, 0.1) is 0 Å². The second kappa shape index (κ2) is 6.61. The van der Waals surface area contributed by atoms with Gasteiger partial charge < -0.3 is 15.6 Å². The normalized spacial score (nSPS) is 12.5. The van der Waals surface area contributed by atoms with Crippen LogP contribution in [0.5, 0.6) is 0 Å². The summed E-state index contributed by atoms with van der Waals surface area (Å²) in [4.78, 5) is 11.6. The van der Waals surface area contributed by atoms with Gasteiger partial charge in [-0.05, 0) is 13.3 Å². The molecule has 17 heavy (non-hydrogen) atoms. The monoisotopic (exact) mass is 257 g/mol. The standard InChI is InChI=1S/C10H19N5OS/c1-4-7(2)12-9(16)6-17-10-14-13-8(5-11)15(10)3/h7H,4-6,11H2,1-3H3,(H,12,16). The fraction of sp³-hybridized carbons (Fsp3) is 0.700. The zero-order valence-electron chi connectivity index (χ0n) is 10.4. The van der Waals surface area contributed by atoms with Gasteiger partial charge in [-0.25, -0.2) is 0 Å². The molecule has 0 spiro atoms. The SMILES string of the molecule is CCC(C)NC(=O)CSc1nnc(CN)n1C. The van der Waals surface area contributed by atoms with Gasteiger partial charge in [-0.3, -0.25) is 4.79 Å². The Balaban J connectivity index is 2.44. The van der Waals surface area contributed by atoms with Crippen LogP contribution in [-0.4, -0.2) is 32.5 Å². The molecule has 0 aliphatic carbocycles. The molecule has 0 fully saturated rings. The van der Waals surface area contributed by atoms with Crippen molar-refractivity contribution in [3.8, 4) is 0 Å². The summed E-state index contributed by atoms with van der Waals surface area (Å²) < 4.78 is 1.81. The first-order valence-corrected chi connectivity index (χ1v) is 6.57. The second-order valence-corrected chi connectivity index (χ2v) is 4.77. The zero-order chi connectivity index (χ0) is 12.8. The highest BCUT2D eigenvalue weighted by atomic mass is 32.2. The molecular weight excluding hydrogens is 238 g/mol. The minimum atomic E-state index is 0.0154. The molecule has 0 bridgehead atoms. The third-order valence-corrected chi connectivity index (χ3v) is 3.48. The van der Waals surface area contributed by atoms with Crippen LogP contribution in [0.25, 0.3) is 0 Å². The first kappa shape index (κ1) is 14.0. The average Bonchev–Trinajstić information content (AvgIpc) is 2.67. The van der Waals surface area contributed by atoms with E-state index >= 15 is 0 Å². The molecule has 1 heterocycles. The lowest BCUT2D eigenvalue weighted by molar-refractivity contribution is -0.119. The van der Waals surface area contributed by atoms with Crippen molar-refractivity contribution >= 4 is 17.7 Å². The molecule has 6 nitrogen and oxygen atoms in total. The molecule has 1 unspecified atom stereocenters. The van der Waals surface area contributed by atoms with Gasteiger partial charge in [0.1, 0.15) is 5.82 Å². The van der Waals surface area contributed by atoms with Gasteiger partial charge in [0, 0.05) is 13.1 Å². The fourth-order valence-electron chi connectivity index (χ4n) is 1.20. The Morgan fingerprint density at radius 2 is 2.29 bits per heavy atom. The Morgan fingerprint density at radius 1 is 1.59 bits per heavy atom. The van der Waals surface area contributed by atoms with Crippen molar-refractivity contribution in [1.82, 2.24) is 20.1 Å². The minimum Gasteiger partial charge on any atom is -0.353 e. The van der Waals surface area contributed by atoms with Crippen LogP contribution in [0.3, 0.4) is 0 Å². The Morgan fingerprint density at radius 3 is 2.82 bits per heavy atom. The first-order valence-electron chi connectivity index (χ1n) is 5.59. The molecule has 1 rings (SSSR count). The van der Waals surface area contributed by atoms with Gasteiger partial charge in [0.25, 0.3) is 0 Å². The van der Waals surface area contributed by atoms with Crippen LogP contribution >= 0.6 is 11.8 Å². The van der Waals surface area contributed by atoms with Gasteiger partial charge in [0.15, 0.2) is 5.16 Å². The number of nitrogens with two attached hydrogens (primary N) is 1. The fourth-order valence-corrected chi connectivity index (χ4v) is 1.94. The maximum absolute atomic E-state index is 11.6. The molecule has 1 atom stereocenters. The lowest BCUT2D eigenvalue weighted by atomic mass is 10.3. The maximum Gasteiger partial charge on any atom is 0.230 e. The highest BCUT2D eigenvalue weighted by molar-refractivity contribution is 7.99. The number of nitrogens with one attached hydrogen (secondary N) is 1. The Hall–Kier alpha value is -1.08. The summed E-state index contributed by atoms with van der Waals surface area (Å²) in [5.74, 6) is 1.08. The smallest absolute Gasteiger partial charge is 0.230 e. The van der Waals surface area contributed by atoms with E-state index in [0.29, 0.717) is 17.5 Å². The predicted octanol–water partition coefficient (Wildman–Crippen LogP) is 0.281. The van der Waals surface area contributed by atoms with Gasteiger partial charge in [-0.1, -0.05) is 18.7 Å². The number of amides is 1. The number of carbonyl (C=O) groups excluding carboxylic acids is 1. The predicted molar refractivity (Wildman–Crippen MR) is 67.5 cm³/mol. The molecule has 96 valence electrons. The zero-order valence-corrected chi connectivity index (χ0v) is 11.3. The summed E-state index contributed by atoms with van der Waals surface area (Å²) in [6, 6.07) is 0.210. The largest absolute Gasteiger partial charge is 0.353 e. The van der Waals surface area contributed by atoms with Crippen molar-refractivity contribution in [2.45, 2.75) is 38.0 Å². The lowest BCUT2D eigenvalue weighted by Gasteiger charge is -2.10. The summed E-state index contributed by atoms with van der Waals surface area (Å²) in [5, 5.41) is 11.5. The summed E-state index contributed by atoms with van der Waals surface area (Å²) >= 11 is 1.37. The van der Waals surface area contributed by atoms with E-state index < -0.39 is 0 Å². The van der Waals surface area contributed by atoms with E-state index in [4.69, 9.17) is 5.73 Å². The van der Waals surface area contributed by atoms with Crippen molar-refractivity contribution in [1.29, 1.82) is 0 Å². The number of hydrogen-bond donors (Lipinski definition) is 2. The molecule has 1 amide bonds. The van der Waals surface area contributed by atoms with Gasteiger partial charge in [-0.2, -0.15) is 0 Å². The summed E-state index contributed by atoms with van der Waals surface area (Å²) in [5.41, 5.74) is 5.49. The molecule has 0 saturated carbocycles.